The van der Waals surface area contributed by atoms with Crippen LogP contribution >= 0.6 is 23.2 Å². The summed E-state index contributed by atoms with van der Waals surface area (Å²) >= 11 is 12.1. The highest BCUT2D eigenvalue weighted by Gasteiger charge is 2.45. The van der Waals surface area contributed by atoms with E-state index in [0.29, 0.717) is 40.1 Å². The van der Waals surface area contributed by atoms with Crippen molar-refractivity contribution in [1.82, 2.24) is 9.80 Å². The summed E-state index contributed by atoms with van der Waals surface area (Å²) in [5.74, 6) is -0.561. The second-order valence-electron chi connectivity index (χ2n) is 7.92. The molecule has 2 aliphatic rings. The normalized spacial score (nSPS) is 26.2. The van der Waals surface area contributed by atoms with Gasteiger partial charge in [0.1, 0.15) is 11.9 Å². The van der Waals surface area contributed by atoms with Gasteiger partial charge in [0, 0.05) is 49.2 Å². The predicted molar refractivity (Wildman–Crippen MR) is 116 cm³/mol. The van der Waals surface area contributed by atoms with Crippen molar-refractivity contribution in [3.63, 3.8) is 0 Å². The molecule has 3 rings (SSSR count). The number of likely N-dealkylation sites (tertiary alicyclic amines) is 1. The molecular formula is C21H28Cl2N2O5. The van der Waals surface area contributed by atoms with Crippen LogP contribution in [0.25, 0.3) is 0 Å². The van der Waals surface area contributed by atoms with Gasteiger partial charge in [-0.25, -0.2) is 9.59 Å². The smallest absolute Gasteiger partial charge is 0.328 e. The lowest BCUT2D eigenvalue weighted by Gasteiger charge is -2.51. The number of rotatable bonds is 5. The predicted octanol–water partition coefficient (Wildman–Crippen LogP) is 3.35. The molecule has 0 aromatic heterocycles. The Morgan fingerprint density at radius 2 is 1.73 bits per heavy atom. The molecule has 1 saturated heterocycles. The number of carbonyl (C=O) groups is 2. The highest BCUT2D eigenvalue weighted by Crippen LogP contribution is 2.39. The molecule has 1 aromatic rings. The number of halogens is 2. The van der Waals surface area contributed by atoms with Crippen LogP contribution in [0.4, 0.5) is 0 Å². The first-order valence-corrected chi connectivity index (χ1v) is 10.4. The lowest BCUT2D eigenvalue weighted by atomic mass is 9.72. The molecule has 7 nitrogen and oxygen atoms in total. The summed E-state index contributed by atoms with van der Waals surface area (Å²) in [5.41, 5.74) is 0. The first kappa shape index (κ1) is 24.5. The van der Waals surface area contributed by atoms with Gasteiger partial charge in [0.2, 0.25) is 0 Å². The summed E-state index contributed by atoms with van der Waals surface area (Å²) in [4.78, 5) is 23.9. The monoisotopic (exact) mass is 458 g/mol. The molecule has 1 aliphatic heterocycles. The molecule has 1 aromatic carbocycles. The molecule has 30 heavy (non-hydrogen) atoms. The molecule has 1 saturated carbocycles. The molecule has 0 radical (unpaired) electrons. The van der Waals surface area contributed by atoms with Crippen molar-refractivity contribution >= 4 is 35.1 Å². The van der Waals surface area contributed by atoms with Crippen molar-refractivity contribution in [2.24, 2.45) is 11.8 Å². The lowest BCUT2D eigenvalue weighted by molar-refractivity contribution is -0.134. The van der Waals surface area contributed by atoms with Gasteiger partial charge in [0.05, 0.1) is 10.0 Å². The Kier molecular flexibility index (Phi) is 8.97. The Bertz CT molecular complexity index is 771. The number of aliphatic carboxylic acids is 2. The Hall–Kier alpha value is -1.80. The molecule has 1 aliphatic carbocycles. The zero-order chi connectivity index (χ0) is 22.4. The average Bonchev–Trinajstić information content (AvgIpc) is 2.64. The van der Waals surface area contributed by atoms with Gasteiger partial charge in [-0.1, -0.05) is 23.2 Å². The Balaban J connectivity index is 0.000000343. The van der Waals surface area contributed by atoms with E-state index in [1.54, 1.807) is 0 Å². The van der Waals surface area contributed by atoms with Crippen molar-refractivity contribution < 1.29 is 24.5 Å². The quantitative estimate of drug-likeness (QED) is 0.653. The van der Waals surface area contributed by atoms with Crippen molar-refractivity contribution in [2.75, 3.05) is 34.2 Å². The molecule has 2 bridgehead atoms. The number of fused-ring (bicyclic) bond motifs is 2. The second kappa shape index (κ2) is 11.0. The number of ether oxygens (including phenoxy) is 1. The summed E-state index contributed by atoms with van der Waals surface area (Å²) in [6, 6.07) is 6.15. The van der Waals surface area contributed by atoms with Gasteiger partial charge in [-0.05, 0) is 46.1 Å². The number of carboxylic acid groups (broad SMARTS) is 2. The van der Waals surface area contributed by atoms with Crippen molar-refractivity contribution in [1.29, 1.82) is 0 Å². The van der Waals surface area contributed by atoms with Crippen LogP contribution in [0.15, 0.2) is 30.4 Å². The van der Waals surface area contributed by atoms with E-state index in [4.69, 9.17) is 38.2 Å². The summed E-state index contributed by atoms with van der Waals surface area (Å²) in [7, 11) is 6.57. The zero-order valence-electron chi connectivity index (χ0n) is 17.3. The van der Waals surface area contributed by atoms with Crippen LogP contribution in [0.5, 0.6) is 5.75 Å². The van der Waals surface area contributed by atoms with Crippen molar-refractivity contribution in [3.8, 4) is 5.75 Å². The van der Waals surface area contributed by atoms with Crippen molar-refractivity contribution in [2.45, 2.75) is 25.0 Å². The zero-order valence-corrected chi connectivity index (χ0v) is 18.8. The number of carboxylic acids is 2. The third kappa shape index (κ3) is 6.87. The summed E-state index contributed by atoms with van der Waals surface area (Å²) in [6.07, 6.45) is 3.85. The van der Waals surface area contributed by atoms with Crippen LogP contribution < -0.4 is 4.74 Å². The minimum atomic E-state index is -1.26. The molecule has 0 amide bonds. The van der Waals surface area contributed by atoms with E-state index in [1.807, 2.05) is 18.2 Å². The summed E-state index contributed by atoms with van der Waals surface area (Å²) < 4.78 is 6.39. The van der Waals surface area contributed by atoms with Gasteiger partial charge in [0.25, 0.3) is 0 Å². The minimum absolute atomic E-state index is 0.259. The fourth-order valence-corrected chi connectivity index (χ4v) is 4.55. The molecule has 166 valence electrons. The molecule has 2 N–H and O–H groups in total. The Morgan fingerprint density at radius 3 is 2.27 bits per heavy atom. The maximum absolute atomic E-state index is 9.55. The molecule has 4 atom stereocenters. The first-order chi connectivity index (χ1) is 14.1. The maximum Gasteiger partial charge on any atom is 0.328 e. The van der Waals surface area contributed by atoms with Gasteiger partial charge in [0.15, 0.2) is 0 Å². The topological polar surface area (TPSA) is 90.3 Å². The van der Waals surface area contributed by atoms with Crippen LogP contribution in [0.3, 0.4) is 0 Å². The maximum atomic E-state index is 9.55. The highest BCUT2D eigenvalue weighted by atomic mass is 35.5. The molecule has 9 heteroatoms. The highest BCUT2D eigenvalue weighted by molar-refractivity contribution is 6.42. The van der Waals surface area contributed by atoms with E-state index >= 15 is 0 Å². The molecule has 1 heterocycles. The third-order valence-corrected chi connectivity index (χ3v) is 6.22. The van der Waals surface area contributed by atoms with E-state index in [-0.39, 0.29) is 6.10 Å². The van der Waals surface area contributed by atoms with Gasteiger partial charge in [-0.15, -0.1) is 0 Å². The van der Waals surface area contributed by atoms with Crippen molar-refractivity contribution in [3.05, 3.63) is 40.4 Å². The fraction of sp³-hybridized carbons (Fsp3) is 0.524. The van der Waals surface area contributed by atoms with Crippen LogP contribution in [0.1, 0.15) is 12.8 Å². The van der Waals surface area contributed by atoms with Crippen LogP contribution in [0, 0.1) is 11.8 Å². The molecule has 2 unspecified atom stereocenters. The van der Waals surface area contributed by atoms with Gasteiger partial charge < -0.3 is 24.7 Å². The number of piperidine rings is 1. The summed E-state index contributed by atoms with van der Waals surface area (Å²) in [6.45, 7) is 2.20. The largest absolute Gasteiger partial charge is 0.490 e. The SMILES string of the molecule is CN1CC2CC[C@@H](N(C)C)C(C1)[C@@H]2Oc1ccc(Cl)c(Cl)c1.O=C(O)/C=C/C(=O)O. The summed E-state index contributed by atoms with van der Waals surface area (Å²) in [5, 5.41) is 16.8. The Morgan fingerprint density at radius 1 is 1.10 bits per heavy atom. The third-order valence-electron chi connectivity index (χ3n) is 5.48. The van der Waals surface area contributed by atoms with Crippen LogP contribution in [-0.2, 0) is 9.59 Å². The fourth-order valence-electron chi connectivity index (χ4n) is 4.26. The van der Waals surface area contributed by atoms with Gasteiger partial charge >= 0.3 is 11.9 Å². The number of hydrogen-bond acceptors (Lipinski definition) is 5. The van der Waals surface area contributed by atoms with Gasteiger partial charge in [-0.3, -0.25) is 0 Å². The van der Waals surface area contributed by atoms with Crippen LogP contribution in [0.2, 0.25) is 10.0 Å². The first-order valence-electron chi connectivity index (χ1n) is 9.69. The molecule has 0 spiro atoms. The Labute approximate surface area is 186 Å². The van der Waals surface area contributed by atoms with E-state index < -0.39 is 11.9 Å². The van der Waals surface area contributed by atoms with E-state index in [1.165, 1.54) is 12.8 Å². The van der Waals surface area contributed by atoms with E-state index in [2.05, 4.69) is 30.9 Å². The number of hydrogen-bond donors (Lipinski definition) is 2. The van der Waals surface area contributed by atoms with E-state index in [9.17, 15) is 9.59 Å². The number of benzene rings is 1. The number of nitrogens with zero attached hydrogens (tertiary/aromatic N) is 2. The minimum Gasteiger partial charge on any atom is -0.490 e. The average molecular weight is 459 g/mol. The lowest BCUT2D eigenvalue weighted by Crippen LogP contribution is -2.60. The molecule has 2 fully saturated rings. The van der Waals surface area contributed by atoms with Crippen LogP contribution in [-0.4, -0.2) is 78.3 Å². The standard InChI is InChI=1S/C17H24Cl2N2O.C4H4O4/c1-20(2)16-7-4-11-9-21(3)10-13(16)17(11)22-12-5-6-14(18)15(19)8-12;5-3(6)1-2-4(7)8/h5-6,8,11,13,16-17H,4,7,9-10H2,1-3H3;1-2H,(H,5,6)(H,7,8)/b;2-1+/t11?,13?,16-,17-;/m1./s1. The molecular weight excluding hydrogens is 431 g/mol. The van der Waals surface area contributed by atoms with E-state index in [0.717, 1.165) is 18.8 Å². The second-order valence-corrected chi connectivity index (χ2v) is 8.74. The van der Waals surface area contributed by atoms with Gasteiger partial charge in [-0.2, -0.15) is 0 Å².